The van der Waals surface area contributed by atoms with Gasteiger partial charge in [0.25, 0.3) is 5.91 Å². The van der Waals surface area contributed by atoms with Crippen LogP contribution in [0, 0.1) is 24.2 Å². The summed E-state index contributed by atoms with van der Waals surface area (Å²) in [6, 6.07) is 7.69. The van der Waals surface area contributed by atoms with Gasteiger partial charge in [0.1, 0.15) is 5.92 Å². The van der Waals surface area contributed by atoms with Gasteiger partial charge in [-0.15, -0.1) is 0 Å². The molecule has 2 atom stereocenters. The highest BCUT2D eigenvalue weighted by Gasteiger charge is 2.18. The van der Waals surface area contributed by atoms with Gasteiger partial charge in [0.2, 0.25) is 5.91 Å². The van der Waals surface area contributed by atoms with Crippen LogP contribution in [0.15, 0.2) is 24.4 Å². The summed E-state index contributed by atoms with van der Waals surface area (Å²) in [7, 11) is 0. The molecule has 0 saturated carbocycles. The van der Waals surface area contributed by atoms with E-state index in [1.165, 1.54) is 0 Å². The maximum Gasteiger partial charge on any atom is 0.253 e. The minimum Gasteiger partial charge on any atom is -0.389 e. The number of amides is 2. The third-order valence-electron chi connectivity index (χ3n) is 4.22. The zero-order valence-corrected chi connectivity index (χ0v) is 15.0. The summed E-state index contributed by atoms with van der Waals surface area (Å²) in [5.74, 6) is -1.40. The van der Waals surface area contributed by atoms with E-state index in [0.717, 1.165) is 22.9 Å². The Hall–Kier alpha value is -2.85. The first-order chi connectivity index (χ1) is 12.5. The number of aryl methyl sites for hydroxylation is 1. The molecule has 2 amide bonds. The molecule has 0 radical (unpaired) electrons. The molecule has 1 aromatic carbocycles. The number of aromatic nitrogens is 1. The van der Waals surface area contributed by atoms with Gasteiger partial charge < -0.3 is 20.7 Å². The fraction of sp³-hybridized carbons (Fsp3) is 0.421. The lowest BCUT2D eigenvalue weighted by atomic mass is 10.0. The number of aliphatic hydroxyl groups is 1. The third-order valence-corrected chi connectivity index (χ3v) is 4.22. The Morgan fingerprint density at radius 2 is 2.04 bits per heavy atom. The molecule has 138 valence electrons. The fourth-order valence-electron chi connectivity index (χ4n) is 2.81. The Labute approximate surface area is 152 Å². The molecular formula is C19H24N4O3. The van der Waals surface area contributed by atoms with Gasteiger partial charge in [-0.1, -0.05) is 25.5 Å². The van der Waals surface area contributed by atoms with Crippen LogP contribution in [0.2, 0.25) is 0 Å². The van der Waals surface area contributed by atoms with Crippen molar-refractivity contribution in [2.75, 3.05) is 13.1 Å². The fourth-order valence-corrected chi connectivity index (χ4v) is 2.81. The van der Waals surface area contributed by atoms with Crippen LogP contribution >= 0.6 is 0 Å². The van der Waals surface area contributed by atoms with Crippen molar-refractivity contribution >= 4 is 22.7 Å². The predicted molar refractivity (Wildman–Crippen MR) is 98.4 cm³/mol. The lowest BCUT2D eigenvalue weighted by Crippen LogP contribution is -2.41. The number of rotatable bonds is 8. The van der Waals surface area contributed by atoms with Crippen LogP contribution in [0.5, 0.6) is 0 Å². The minimum atomic E-state index is -0.935. The van der Waals surface area contributed by atoms with Crippen molar-refractivity contribution in [3.63, 3.8) is 0 Å². The molecule has 0 aliphatic heterocycles. The van der Waals surface area contributed by atoms with Crippen molar-refractivity contribution in [3.05, 3.63) is 35.5 Å². The highest BCUT2D eigenvalue weighted by Crippen LogP contribution is 2.21. The summed E-state index contributed by atoms with van der Waals surface area (Å²) in [4.78, 5) is 27.3. The van der Waals surface area contributed by atoms with E-state index in [0.29, 0.717) is 12.0 Å². The van der Waals surface area contributed by atoms with Crippen LogP contribution in [0.25, 0.3) is 10.9 Å². The van der Waals surface area contributed by atoms with Crippen molar-refractivity contribution < 1.29 is 14.7 Å². The number of nitrogens with one attached hydrogen (secondary N) is 3. The van der Waals surface area contributed by atoms with Crippen molar-refractivity contribution in [2.24, 2.45) is 5.92 Å². The minimum absolute atomic E-state index is 0.00264. The summed E-state index contributed by atoms with van der Waals surface area (Å²) in [6.07, 6.45) is 1.92. The molecular weight excluding hydrogens is 332 g/mol. The van der Waals surface area contributed by atoms with Gasteiger partial charge in [-0.2, -0.15) is 5.26 Å². The van der Waals surface area contributed by atoms with Crippen molar-refractivity contribution in [1.82, 2.24) is 15.6 Å². The van der Waals surface area contributed by atoms with E-state index in [4.69, 9.17) is 5.26 Å². The molecule has 2 unspecified atom stereocenters. The van der Waals surface area contributed by atoms with Crippen LogP contribution < -0.4 is 10.6 Å². The van der Waals surface area contributed by atoms with E-state index < -0.39 is 17.9 Å². The van der Waals surface area contributed by atoms with Gasteiger partial charge in [0.15, 0.2) is 0 Å². The molecule has 4 N–H and O–H groups in total. The number of hydrogen-bond acceptors (Lipinski definition) is 4. The van der Waals surface area contributed by atoms with Gasteiger partial charge >= 0.3 is 0 Å². The van der Waals surface area contributed by atoms with Crippen LogP contribution in [-0.4, -0.2) is 41.1 Å². The summed E-state index contributed by atoms with van der Waals surface area (Å²) in [5, 5.41) is 25.0. The molecule has 0 spiro atoms. The van der Waals surface area contributed by atoms with Crippen LogP contribution in [0.3, 0.4) is 0 Å². The van der Waals surface area contributed by atoms with Crippen LogP contribution in [0.4, 0.5) is 0 Å². The largest absolute Gasteiger partial charge is 0.389 e. The first-order valence-electron chi connectivity index (χ1n) is 8.68. The molecule has 1 heterocycles. The smallest absolute Gasteiger partial charge is 0.253 e. The third kappa shape index (κ3) is 4.61. The average Bonchev–Trinajstić information content (AvgIpc) is 3.07. The number of fused-ring (bicyclic) bond motifs is 1. The first-order valence-corrected chi connectivity index (χ1v) is 8.68. The van der Waals surface area contributed by atoms with E-state index in [1.54, 1.807) is 6.20 Å². The van der Waals surface area contributed by atoms with Gasteiger partial charge in [0.05, 0.1) is 17.7 Å². The number of nitriles is 1. The van der Waals surface area contributed by atoms with E-state index >= 15 is 0 Å². The normalized spacial score (nSPS) is 13.0. The quantitative estimate of drug-likeness (QED) is 0.575. The molecule has 2 rings (SSSR count). The predicted octanol–water partition coefficient (Wildman–Crippen LogP) is 1.62. The molecule has 0 saturated heterocycles. The maximum absolute atomic E-state index is 12.4. The summed E-state index contributed by atoms with van der Waals surface area (Å²) >= 11 is 0. The van der Waals surface area contributed by atoms with Gasteiger partial charge in [-0.3, -0.25) is 9.59 Å². The Balaban J connectivity index is 1.87. The van der Waals surface area contributed by atoms with Gasteiger partial charge in [0, 0.05) is 30.2 Å². The Kier molecular flexibility index (Phi) is 6.75. The standard InChI is InChI=1S/C19H24N4O3/c1-3-5-13(8-20)18(25)22-9-14(24)10-23-19(26)15-11-21-16-7-4-6-12(2)17(15)16/h4,6-7,11,13-14,21,24H,3,5,9-10H2,1-2H3,(H,22,25)(H,23,26). The number of hydrogen-bond donors (Lipinski definition) is 4. The topological polar surface area (TPSA) is 118 Å². The number of aromatic amines is 1. The molecule has 26 heavy (non-hydrogen) atoms. The molecule has 0 aliphatic rings. The lowest BCUT2D eigenvalue weighted by molar-refractivity contribution is -0.124. The first kappa shape index (κ1) is 19.5. The summed E-state index contributed by atoms with van der Waals surface area (Å²) < 4.78 is 0. The SMILES string of the molecule is CCCC(C#N)C(=O)NCC(O)CNC(=O)c1c[nH]c2cccc(C)c12. The zero-order chi connectivity index (χ0) is 19.1. The number of carbonyl (C=O) groups excluding carboxylic acids is 2. The molecule has 2 aromatic rings. The highest BCUT2D eigenvalue weighted by molar-refractivity contribution is 6.07. The highest BCUT2D eigenvalue weighted by atomic mass is 16.3. The van der Waals surface area contributed by atoms with Crippen molar-refractivity contribution in [3.8, 4) is 6.07 Å². The molecule has 1 aromatic heterocycles. The summed E-state index contributed by atoms with van der Waals surface area (Å²) in [6.45, 7) is 3.81. The molecule has 7 nitrogen and oxygen atoms in total. The Bertz CT molecular complexity index is 822. The summed E-state index contributed by atoms with van der Waals surface area (Å²) in [5.41, 5.74) is 2.38. The second-order valence-corrected chi connectivity index (χ2v) is 6.28. The van der Waals surface area contributed by atoms with E-state index in [1.807, 2.05) is 38.1 Å². The van der Waals surface area contributed by atoms with Crippen molar-refractivity contribution in [1.29, 1.82) is 5.26 Å². The maximum atomic E-state index is 12.4. The number of carbonyl (C=O) groups is 2. The van der Waals surface area contributed by atoms with Gasteiger partial charge in [-0.05, 0) is 25.0 Å². The number of benzene rings is 1. The number of nitrogens with zero attached hydrogens (tertiary/aromatic N) is 1. The molecule has 0 aliphatic carbocycles. The van der Waals surface area contributed by atoms with Crippen molar-refractivity contribution in [2.45, 2.75) is 32.8 Å². The number of aliphatic hydroxyl groups excluding tert-OH is 1. The zero-order valence-electron chi connectivity index (χ0n) is 15.0. The van der Waals surface area contributed by atoms with Crippen LogP contribution in [-0.2, 0) is 4.79 Å². The van der Waals surface area contributed by atoms with E-state index in [9.17, 15) is 14.7 Å². The monoisotopic (exact) mass is 356 g/mol. The second-order valence-electron chi connectivity index (χ2n) is 6.28. The van der Waals surface area contributed by atoms with E-state index in [-0.39, 0.29) is 19.0 Å². The lowest BCUT2D eigenvalue weighted by Gasteiger charge is -2.14. The Morgan fingerprint density at radius 1 is 1.31 bits per heavy atom. The van der Waals surface area contributed by atoms with Crippen LogP contribution in [0.1, 0.15) is 35.7 Å². The Morgan fingerprint density at radius 3 is 2.73 bits per heavy atom. The van der Waals surface area contributed by atoms with Gasteiger partial charge in [-0.25, -0.2) is 0 Å². The molecule has 7 heteroatoms. The average molecular weight is 356 g/mol. The second kappa shape index (κ2) is 9.02. The molecule has 0 bridgehead atoms. The van der Waals surface area contributed by atoms with E-state index in [2.05, 4.69) is 15.6 Å². The number of H-pyrrole nitrogens is 1. The molecule has 0 fully saturated rings.